The van der Waals surface area contributed by atoms with Gasteiger partial charge >= 0.3 is 0 Å². The van der Waals surface area contributed by atoms with Crippen LogP contribution >= 0.6 is 12.2 Å². The molecule has 0 saturated carbocycles. The van der Waals surface area contributed by atoms with Gasteiger partial charge in [-0.1, -0.05) is 72.8 Å². The van der Waals surface area contributed by atoms with Crippen LogP contribution in [0.3, 0.4) is 0 Å². The van der Waals surface area contributed by atoms with E-state index in [4.69, 9.17) is 12.2 Å². The van der Waals surface area contributed by atoms with Gasteiger partial charge in [-0.15, -0.1) is 0 Å². The molecule has 0 atom stereocenters. The topological polar surface area (TPSA) is 47.6 Å². The summed E-state index contributed by atoms with van der Waals surface area (Å²) < 4.78 is 0. The maximum absolute atomic E-state index is 13.4. The lowest BCUT2D eigenvalue weighted by atomic mass is 9.96. The summed E-state index contributed by atoms with van der Waals surface area (Å²) in [4.78, 5) is 17.8. The van der Waals surface area contributed by atoms with Crippen LogP contribution in [0, 0.1) is 0 Å². The zero-order chi connectivity index (χ0) is 23.0. The number of carbonyl (C=O) groups excluding carboxylic acids is 1. The van der Waals surface area contributed by atoms with Crippen molar-refractivity contribution < 1.29 is 4.79 Å². The van der Waals surface area contributed by atoms with Crippen molar-refractivity contribution in [2.45, 2.75) is 13.0 Å². The molecule has 3 aromatic carbocycles. The number of anilines is 1. The van der Waals surface area contributed by atoms with Gasteiger partial charge < -0.3 is 15.5 Å². The average molecular weight is 459 g/mol. The number of para-hydroxylation sites is 1. The Kier molecular flexibility index (Phi) is 7.70. The molecule has 1 saturated heterocycles. The zero-order valence-electron chi connectivity index (χ0n) is 18.9. The molecule has 1 aliphatic rings. The van der Waals surface area contributed by atoms with E-state index in [0.717, 1.165) is 25.3 Å². The molecule has 33 heavy (non-hydrogen) atoms. The minimum atomic E-state index is 0.0352. The van der Waals surface area contributed by atoms with Crippen LogP contribution in [0.4, 0.5) is 5.69 Å². The number of nitrogens with one attached hydrogen (secondary N) is 2. The van der Waals surface area contributed by atoms with Gasteiger partial charge in [-0.3, -0.25) is 9.69 Å². The van der Waals surface area contributed by atoms with E-state index in [-0.39, 0.29) is 11.9 Å². The summed E-state index contributed by atoms with van der Waals surface area (Å²) in [6.07, 6.45) is 0. The lowest BCUT2D eigenvalue weighted by Gasteiger charge is -2.40. The number of piperazine rings is 1. The third-order valence-electron chi connectivity index (χ3n) is 5.94. The smallest absolute Gasteiger partial charge is 0.256 e. The van der Waals surface area contributed by atoms with Gasteiger partial charge in [0.05, 0.1) is 17.3 Å². The van der Waals surface area contributed by atoms with Gasteiger partial charge in [-0.2, -0.15) is 0 Å². The Bertz CT molecular complexity index is 1030. The molecule has 0 aromatic heterocycles. The molecule has 0 bridgehead atoms. The summed E-state index contributed by atoms with van der Waals surface area (Å²) in [5.41, 5.74) is 3.93. The minimum absolute atomic E-state index is 0.0352. The summed E-state index contributed by atoms with van der Waals surface area (Å²) in [5.74, 6) is 0.0352. The molecule has 5 nitrogen and oxygen atoms in total. The van der Waals surface area contributed by atoms with Crippen molar-refractivity contribution in [2.24, 2.45) is 0 Å². The summed E-state index contributed by atoms with van der Waals surface area (Å²) in [6.45, 7) is 5.70. The summed E-state index contributed by atoms with van der Waals surface area (Å²) in [5, 5.41) is 6.77. The third kappa shape index (κ3) is 5.59. The van der Waals surface area contributed by atoms with Crippen LogP contribution < -0.4 is 10.6 Å². The predicted molar refractivity (Wildman–Crippen MR) is 139 cm³/mol. The van der Waals surface area contributed by atoms with Gasteiger partial charge in [0.15, 0.2) is 5.11 Å². The van der Waals surface area contributed by atoms with Crippen molar-refractivity contribution in [3.05, 3.63) is 102 Å². The standard InChI is InChI=1S/C27H30N4OS/c1-2-28-27(33)29-24-16-10-9-15-23(24)26(32)31-19-17-30(18-20-31)25(21-11-5-3-6-12-21)22-13-7-4-8-14-22/h3-16,25H,2,17-20H2,1H3,(H2,28,29,33). The number of carbonyl (C=O) groups is 1. The number of thiocarbonyl (C=S) groups is 1. The van der Waals surface area contributed by atoms with Gasteiger partial charge in [0, 0.05) is 32.7 Å². The number of hydrogen-bond acceptors (Lipinski definition) is 3. The van der Waals surface area contributed by atoms with Crippen LogP contribution in [-0.4, -0.2) is 53.5 Å². The Balaban J connectivity index is 1.48. The molecule has 0 unspecified atom stereocenters. The summed E-state index contributed by atoms with van der Waals surface area (Å²) in [7, 11) is 0. The van der Waals surface area contributed by atoms with Crippen molar-refractivity contribution in [3.8, 4) is 0 Å². The number of benzene rings is 3. The number of hydrogen-bond donors (Lipinski definition) is 2. The van der Waals surface area contributed by atoms with Gasteiger partial charge in [-0.05, 0) is 42.4 Å². The molecular weight excluding hydrogens is 428 g/mol. The SMILES string of the molecule is CCNC(=S)Nc1ccccc1C(=O)N1CCN(C(c2ccccc2)c2ccccc2)CC1. The molecule has 0 aliphatic carbocycles. The highest BCUT2D eigenvalue weighted by molar-refractivity contribution is 7.80. The maximum Gasteiger partial charge on any atom is 0.256 e. The van der Waals surface area contributed by atoms with Crippen molar-refractivity contribution in [1.82, 2.24) is 15.1 Å². The number of amides is 1. The van der Waals surface area contributed by atoms with E-state index in [2.05, 4.69) is 76.2 Å². The van der Waals surface area contributed by atoms with Crippen LogP contribution in [0.5, 0.6) is 0 Å². The molecule has 3 aromatic rings. The second-order valence-electron chi connectivity index (χ2n) is 8.08. The first-order valence-electron chi connectivity index (χ1n) is 11.4. The van der Waals surface area contributed by atoms with Crippen LogP contribution in [0.15, 0.2) is 84.9 Å². The van der Waals surface area contributed by atoms with E-state index < -0.39 is 0 Å². The molecule has 0 spiro atoms. The first-order valence-corrected chi connectivity index (χ1v) is 11.8. The number of nitrogens with zero attached hydrogens (tertiary/aromatic N) is 2. The predicted octanol–water partition coefficient (Wildman–Crippen LogP) is 4.54. The van der Waals surface area contributed by atoms with Crippen molar-refractivity contribution in [1.29, 1.82) is 0 Å². The fraction of sp³-hybridized carbons (Fsp3) is 0.259. The summed E-state index contributed by atoms with van der Waals surface area (Å²) in [6, 6.07) is 28.9. The van der Waals surface area contributed by atoms with Crippen LogP contribution in [0.2, 0.25) is 0 Å². The molecular formula is C27H30N4OS. The first-order chi connectivity index (χ1) is 16.2. The normalized spacial score (nSPS) is 14.2. The third-order valence-corrected chi connectivity index (χ3v) is 6.19. The highest BCUT2D eigenvalue weighted by atomic mass is 32.1. The van der Waals surface area contributed by atoms with E-state index in [0.29, 0.717) is 23.8 Å². The monoisotopic (exact) mass is 458 g/mol. The van der Waals surface area contributed by atoms with Crippen LogP contribution in [0.25, 0.3) is 0 Å². The Morgan fingerprint density at radius 1 is 0.848 bits per heavy atom. The molecule has 1 fully saturated rings. The Morgan fingerprint density at radius 2 is 1.39 bits per heavy atom. The van der Waals surface area contributed by atoms with Crippen LogP contribution in [-0.2, 0) is 0 Å². The van der Waals surface area contributed by atoms with Gasteiger partial charge in [0.25, 0.3) is 5.91 Å². The Labute approximate surface area is 201 Å². The van der Waals surface area contributed by atoms with Crippen molar-refractivity contribution in [3.63, 3.8) is 0 Å². The second kappa shape index (κ2) is 11.1. The molecule has 170 valence electrons. The first kappa shape index (κ1) is 23.0. The van der Waals surface area contributed by atoms with E-state index in [1.54, 1.807) is 0 Å². The fourth-order valence-electron chi connectivity index (χ4n) is 4.34. The lowest BCUT2D eigenvalue weighted by molar-refractivity contribution is 0.0598. The lowest BCUT2D eigenvalue weighted by Crippen LogP contribution is -2.50. The van der Waals surface area contributed by atoms with E-state index in [1.165, 1.54) is 11.1 Å². The molecule has 4 rings (SSSR count). The molecule has 1 heterocycles. The quantitative estimate of drug-likeness (QED) is 0.531. The highest BCUT2D eigenvalue weighted by Gasteiger charge is 2.29. The molecule has 2 N–H and O–H groups in total. The van der Waals surface area contributed by atoms with E-state index >= 15 is 0 Å². The van der Waals surface area contributed by atoms with Gasteiger partial charge in [-0.25, -0.2) is 0 Å². The largest absolute Gasteiger partial charge is 0.363 e. The second-order valence-corrected chi connectivity index (χ2v) is 8.49. The minimum Gasteiger partial charge on any atom is -0.363 e. The number of rotatable bonds is 6. The molecule has 1 amide bonds. The van der Waals surface area contributed by atoms with E-state index in [9.17, 15) is 4.79 Å². The highest BCUT2D eigenvalue weighted by Crippen LogP contribution is 2.30. The van der Waals surface area contributed by atoms with Gasteiger partial charge in [0.2, 0.25) is 0 Å². The summed E-state index contributed by atoms with van der Waals surface area (Å²) >= 11 is 5.32. The van der Waals surface area contributed by atoms with Crippen molar-refractivity contribution in [2.75, 3.05) is 38.0 Å². The zero-order valence-corrected chi connectivity index (χ0v) is 19.7. The molecule has 0 radical (unpaired) electrons. The van der Waals surface area contributed by atoms with Crippen LogP contribution in [0.1, 0.15) is 34.5 Å². The Morgan fingerprint density at radius 3 is 1.97 bits per heavy atom. The van der Waals surface area contributed by atoms with Crippen molar-refractivity contribution >= 4 is 28.9 Å². The maximum atomic E-state index is 13.4. The fourth-order valence-corrected chi connectivity index (χ4v) is 4.60. The molecule has 1 aliphatic heterocycles. The van der Waals surface area contributed by atoms with Gasteiger partial charge in [0.1, 0.15) is 0 Å². The molecule has 6 heteroatoms. The van der Waals surface area contributed by atoms with E-state index in [1.807, 2.05) is 36.1 Å². The Hall–Kier alpha value is -3.22. The average Bonchev–Trinajstić information content (AvgIpc) is 2.86.